The van der Waals surface area contributed by atoms with Gasteiger partial charge >= 0.3 is 12.0 Å². The van der Waals surface area contributed by atoms with Crippen LogP contribution in [0.25, 0.3) is 11.0 Å². The zero-order chi connectivity index (χ0) is 25.3. The summed E-state index contributed by atoms with van der Waals surface area (Å²) >= 11 is 0. The number of hydrogen-bond donors (Lipinski definition) is 1. The number of anilines is 1. The van der Waals surface area contributed by atoms with Crippen LogP contribution in [0, 0.1) is 0 Å². The number of nitrogens with zero attached hydrogens (tertiary/aromatic N) is 3. The van der Waals surface area contributed by atoms with Gasteiger partial charge in [0.2, 0.25) is 0 Å². The number of ether oxygens (including phenoxy) is 1. The van der Waals surface area contributed by atoms with Gasteiger partial charge in [0.15, 0.2) is 0 Å². The van der Waals surface area contributed by atoms with Crippen LogP contribution >= 0.6 is 0 Å². The second-order valence-corrected chi connectivity index (χ2v) is 10.2. The lowest BCUT2D eigenvalue weighted by Crippen LogP contribution is -2.48. The fourth-order valence-corrected chi connectivity index (χ4v) is 5.59. The van der Waals surface area contributed by atoms with Gasteiger partial charge in [-0.05, 0) is 47.9 Å². The quantitative estimate of drug-likeness (QED) is 0.428. The highest BCUT2D eigenvalue weighted by Gasteiger charge is 2.41. The molecule has 186 valence electrons. The molecule has 4 rings (SSSR count). The van der Waals surface area contributed by atoms with Gasteiger partial charge in [-0.3, -0.25) is 4.90 Å². The Labute approximate surface area is 207 Å². The van der Waals surface area contributed by atoms with Crippen molar-refractivity contribution >= 4 is 28.7 Å². The molecule has 1 fully saturated rings. The maximum absolute atomic E-state index is 13.1. The molecule has 0 unspecified atom stereocenters. The van der Waals surface area contributed by atoms with Gasteiger partial charge in [-0.15, -0.1) is 0 Å². The number of nitrogens with two attached hydrogens (primary N) is 1. The van der Waals surface area contributed by atoms with E-state index in [-0.39, 0.29) is 11.8 Å². The Bertz CT molecular complexity index is 1210. The van der Waals surface area contributed by atoms with Gasteiger partial charge in [0.1, 0.15) is 5.65 Å². The summed E-state index contributed by atoms with van der Waals surface area (Å²) in [6.07, 6.45) is 7.35. The van der Waals surface area contributed by atoms with Gasteiger partial charge in [-0.25, -0.2) is 14.6 Å². The molecule has 2 amide bonds. The van der Waals surface area contributed by atoms with Gasteiger partial charge in [-0.2, -0.15) is 0 Å². The molecule has 0 saturated heterocycles. The number of hydrogen-bond acceptors (Lipinski definition) is 4. The van der Waals surface area contributed by atoms with Crippen molar-refractivity contribution in [1.82, 2.24) is 9.55 Å². The first-order chi connectivity index (χ1) is 16.7. The van der Waals surface area contributed by atoms with Gasteiger partial charge in [0.05, 0.1) is 30.4 Å². The van der Waals surface area contributed by atoms with Crippen LogP contribution in [0.15, 0.2) is 42.7 Å². The predicted octanol–water partition coefficient (Wildman–Crippen LogP) is 5.92. The Morgan fingerprint density at radius 2 is 1.71 bits per heavy atom. The number of fused-ring (bicyclic) bond motifs is 1. The summed E-state index contributed by atoms with van der Waals surface area (Å²) in [7, 11) is 1.39. The highest BCUT2D eigenvalue weighted by Crippen LogP contribution is 2.43. The summed E-state index contributed by atoms with van der Waals surface area (Å²) < 4.78 is 7.16. The lowest BCUT2D eigenvalue weighted by molar-refractivity contribution is 0.0602. The molecule has 35 heavy (non-hydrogen) atoms. The molecule has 0 atom stereocenters. The van der Waals surface area contributed by atoms with Crippen LogP contribution in [0.4, 0.5) is 10.5 Å². The summed E-state index contributed by atoms with van der Waals surface area (Å²) in [5.74, 6) is 0.0593. The molecular formula is C28H36N4O3. The lowest BCUT2D eigenvalue weighted by atomic mass is 9.90. The first-order valence-corrected chi connectivity index (χ1v) is 12.4. The van der Waals surface area contributed by atoms with E-state index in [1.807, 2.05) is 18.3 Å². The number of rotatable bonds is 7. The summed E-state index contributed by atoms with van der Waals surface area (Å²) in [4.78, 5) is 32.1. The summed E-state index contributed by atoms with van der Waals surface area (Å²) in [6, 6.07) is 9.49. The number of primary amides is 1. The largest absolute Gasteiger partial charge is 0.465 e. The SMILES string of the molecule is COC(=O)c1cn(C2(CN(C(N)=O)c3c(C(C)C)cccc3C(C)C)CCCC2)c2ncccc12. The van der Waals surface area contributed by atoms with E-state index in [0.717, 1.165) is 53.5 Å². The van der Waals surface area contributed by atoms with Crippen molar-refractivity contribution in [3.8, 4) is 0 Å². The van der Waals surface area contributed by atoms with E-state index in [4.69, 9.17) is 10.5 Å². The van der Waals surface area contributed by atoms with E-state index in [2.05, 4.69) is 55.4 Å². The average Bonchev–Trinajstić information content (AvgIpc) is 3.47. The molecule has 7 nitrogen and oxygen atoms in total. The predicted molar refractivity (Wildman–Crippen MR) is 139 cm³/mol. The zero-order valence-corrected chi connectivity index (χ0v) is 21.4. The highest BCUT2D eigenvalue weighted by molar-refractivity contribution is 6.03. The van der Waals surface area contributed by atoms with E-state index in [1.54, 1.807) is 11.1 Å². The first-order valence-electron chi connectivity index (χ1n) is 12.4. The lowest BCUT2D eigenvalue weighted by Gasteiger charge is -2.38. The van der Waals surface area contributed by atoms with Crippen molar-refractivity contribution in [2.45, 2.75) is 70.8 Å². The van der Waals surface area contributed by atoms with Gasteiger partial charge < -0.3 is 15.0 Å². The molecule has 1 aromatic carbocycles. The molecular weight excluding hydrogens is 440 g/mol. The molecule has 1 aliphatic rings. The Morgan fingerprint density at radius 1 is 1.09 bits per heavy atom. The van der Waals surface area contributed by atoms with Crippen LogP contribution in [-0.2, 0) is 10.3 Å². The zero-order valence-electron chi connectivity index (χ0n) is 21.4. The molecule has 0 radical (unpaired) electrons. The smallest absolute Gasteiger partial charge is 0.340 e. The van der Waals surface area contributed by atoms with Crippen molar-refractivity contribution in [2.24, 2.45) is 5.73 Å². The molecule has 0 bridgehead atoms. The topological polar surface area (TPSA) is 90.5 Å². The highest BCUT2D eigenvalue weighted by atomic mass is 16.5. The van der Waals surface area contributed by atoms with Crippen LogP contribution in [0.2, 0.25) is 0 Å². The molecule has 1 aliphatic carbocycles. The van der Waals surface area contributed by atoms with Crippen LogP contribution < -0.4 is 10.6 Å². The normalized spacial score (nSPS) is 15.2. The third-order valence-electron chi connectivity index (χ3n) is 7.34. The summed E-state index contributed by atoms with van der Waals surface area (Å²) in [6.45, 7) is 8.96. The number of amides is 2. The number of methoxy groups -OCH3 is 1. The maximum atomic E-state index is 13.1. The minimum Gasteiger partial charge on any atom is -0.465 e. The van der Waals surface area contributed by atoms with Crippen molar-refractivity contribution < 1.29 is 14.3 Å². The van der Waals surface area contributed by atoms with Crippen LogP contribution in [0.1, 0.15) is 86.7 Å². The maximum Gasteiger partial charge on any atom is 0.340 e. The van der Waals surface area contributed by atoms with Crippen LogP contribution in [0.5, 0.6) is 0 Å². The third-order valence-corrected chi connectivity index (χ3v) is 7.34. The van der Waals surface area contributed by atoms with Crippen LogP contribution in [0.3, 0.4) is 0 Å². The fourth-order valence-electron chi connectivity index (χ4n) is 5.59. The number of para-hydroxylation sites is 1. The fraction of sp³-hybridized carbons (Fsp3) is 0.464. The van der Waals surface area contributed by atoms with Crippen molar-refractivity contribution in [2.75, 3.05) is 18.6 Å². The van der Waals surface area contributed by atoms with Gasteiger partial charge in [-0.1, -0.05) is 58.7 Å². The van der Waals surface area contributed by atoms with E-state index >= 15 is 0 Å². The Kier molecular flexibility index (Phi) is 6.88. The number of urea groups is 1. The van der Waals surface area contributed by atoms with Crippen LogP contribution in [-0.4, -0.2) is 35.2 Å². The number of benzene rings is 1. The number of aromatic nitrogens is 2. The number of carbonyl (C=O) groups is 2. The Hall–Kier alpha value is -3.35. The van der Waals surface area contributed by atoms with E-state index in [1.165, 1.54) is 7.11 Å². The monoisotopic (exact) mass is 476 g/mol. The van der Waals surface area contributed by atoms with Crippen molar-refractivity contribution in [1.29, 1.82) is 0 Å². The summed E-state index contributed by atoms with van der Waals surface area (Å²) in [5, 5.41) is 0.752. The first kappa shape index (κ1) is 24.8. The number of esters is 1. The van der Waals surface area contributed by atoms with E-state index in [0.29, 0.717) is 12.1 Å². The number of pyridine rings is 1. The molecule has 1 saturated carbocycles. The second kappa shape index (κ2) is 9.72. The number of carbonyl (C=O) groups excluding carboxylic acids is 2. The average molecular weight is 477 g/mol. The molecule has 2 aromatic heterocycles. The Morgan fingerprint density at radius 3 is 2.26 bits per heavy atom. The van der Waals surface area contributed by atoms with Crippen molar-refractivity contribution in [3.05, 3.63) is 59.4 Å². The molecule has 2 N–H and O–H groups in total. The standard InChI is InChI=1S/C28H36N4O3/c1-18(2)20-10-8-11-21(19(3)4)24(20)31(27(29)34)17-28(13-6-7-14-28)32-16-23(26(33)35-5)22-12-9-15-30-25(22)32/h8-12,15-16,18-19H,6-7,13-14,17H2,1-5H3,(H2,29,34). The van der Waals surface area contributed by atoms with E-state index < -0.39 is 17.5 Å². The molecule has 0 aliphatic heterocycles. The molecule has 2 heterocycles. The minimum absolute atomic E-state index is 0.227. The molecule has 0 spiro atoms. The van der Waals surface area contributed by atoms with E-state index in [9.17, 15) is 9.59 Å². The molecule has 3 aromatic rings. The minimum atomic E-state index is -0.469. The Balaban J connectivity index is 1.91. The van der Waals surface area contributed by atoms with Gasteiger partial charge in [0.25, 0.3) is 0 Å². The summed E-state index contributed by atoms with van der Waals surface area (Å²) in [5.41, 5.74) is 9.99. The van der Waals surface area contributed by atoms with Crippen molar-refractivity contribution in [3.63, 3.8) is 0 Å². The third kappa shape index (κ3) is 4.40. The second-order valence-electron chi connectivity index (χ2n) is 10.2. The van der Waals surface area contributed by atoms with Gasteiger partial charge in [0, 0.05) is 17.8 Å². The molecule has 7 heteroatoms.